The van der Waals surface area contributed by atoms with Crippen LogP contribution in [0.4, 0.5) is 14.6 Å². The molecule has 0 spiro atoms. The molecular formula is C26H25F2N7O3. The molecule has 38 heavy (non-hydrogen) atoms. The fourth-order valence-corrected chi connectivity index (χ4v) is 4.69. The number of anilines is 1. The van der Waals surface area contributed by atoms with Crippen molar-refractivity contribution >= 4 is 23.1 Å². The lowest BCUT2D eigenvalue weighted by Crippen LogP contribution is -2.42. The van der Waals surface area contributed by atoms with Gasteiger partial charge in [-0.3, -0.25) is 9.59 Å². The van der Waals surface area contributed by atoms with Crippen LogP contribution >= 0.6 is 0 Å². The molecule has 1 saturated heterocycles. The number of halogens is 2. The standard InChI is InChI=1S/C26H25F2N7O3/c1-13-8-21(35-22(13)23(29)30-12-31-35)17-9-18(25(38-3)32-14(17)2)24(36)33-20-11-34(10-19(20)28)26(37)15-4-6-16(27)7-5-15/h4-9,12,19-20H,10-11H2,1-3H3,(H,33,36)(H2,29,30,31)/t19-,20?/m0/s1. The van der Waals surface area contributed by atoms with Crippen LogP contribution in [-0.4, -0.2) is 68.7 Å². The van der Waals surface area contributed by atoms with E-state index in [2.05, 4.69) is 20.4 Å². The van der Waals surface area contributed by atoms with E-state index in [0.717, 1.165) is 5.56 Å². The quantitative estimate of drug-likeness (QED) is 0.413. The van der Waals surface area contributed by atoms with Crippen molar-refractivity contribution in [2.24, 2.45) is 0 Å². The maximum absolute atomic E-state index is 14.9. The van der Waals surface area contributed by atoms with Gasteiger partial charge in [-0.1, -0.05) is 0 Å². The summed E-state index contributed by atoms with van der Waals surface area (Å²) >= 11 is 0. The molecule has 1 aliphatic rings. The Kier molecular flexibility index (Phi) is 6.39. The molecule has 0 bridgehead atoms. The van der Waals surface area contributed by atoms with Crippen LogP contribution in [-0.2, 0) is 0 Å². The van der Waals surface area contributed by atoms with Crippen LogP contribution < -0.4 is 15.8 Å². The van der Waals surface area contributed by atoms with Gasteiger partial charge >= 0.3 is 0 Å². The van der Waals surface area contributed by atoms with Gasteiger partial charge in [0.15, 0.2) is 5.82 Å². The predicted octanol–water partition coefficient (Wildman–Crippen LogP) is 2.73. The first kappa shape index (κ1) is 25.1. The first-order chi connectivity index (χ1) is 18.2. The Balaban J connectivity index is 1.42. The summed E-state index contributed by atoms with van der Waals surface area (Å²) in [5, 5.41) is 6.98. The third kappa shape index (κ3) is 4.38. The van der Waals surface area contributed by atoms with Crippen molar-refractivity contribution < 1.29 is 23.1 Å². The van der Waals surface area contributed by atoms with Gasteiger partial charge in [-0.25, -0.2) is 23.3 Å². The minimum atomic E-state index is -1.50. The highest BCUT2D eigenvalue weighted by Crippen LogP contribution is 2.32. The number of ether oxygens (including phenoxy) is 1. The van der Waals surface area contributed by atoms with Gasteiger partial charge in [0.2, 0.25) is 5.88 Å². The van der Waals surface area contributed by atoms with Crippen molar-refractivity contribution in [2.75, 3.05) is 25.9 Å². The average Bonchev–Trinajstić information content (AvgIpc) is 3.43. The fraction of sp³-hybridized carbons (Fsp3) is 0.269. The van der Waals surface area contributed by atoms with E-state index >= 15 is 0 Å². The van der Waals surface area contributed by atoms with Crippen LogP contribution in [0.2, 0.25) is 0 Å². The first-order valence-corrected chi connectivity index (χ1v) is 11.8. The predicted molar refractivity (Wildman–Crippen MR) is 135 cm³/mol. The van der Waals surface area contributed by atoms with Crippen LogP contribution in [0.3, 0.4) is 0 Å². The van der Waals surface area contributed by atoms with Gasteiger partial charge in [-0.15, -0.1) is 0 Å². The molecule has 1 unspecified atom stereocenters. The highest BCUT2D eigenvalue weighted by atomic mass is 19.1. The van der Waals surface area contributed by atoms with Gasteiger partial charge in [-0.05, 0) is 55.8 Å². The minimum absolute atomic E-state index is 0.0453. The molecule has 2 amide bonds. The van der Waals surface area contributed by atoms with Crippen molar-refractivity contribution in [3.05, 3.63) is 70.9 Å². The Hall–Kier alpha value is -4.61. The summed E-state index contributed by atoms with van der Waals surface area (Å²) in [6.45, 7) is 3.40. The number of pyridine rings is 1. The normalized spacial score (nSPS) is 17.1. The van der Waals surface area contributed by atoms with Crippen LogP contribution in [0, 0.1) is 19.7 Å². The van der Waals surface area contributed by atoms with E-state index in [1.807, 2.05) is 13.0 Å². The summed E-state index contributed by atoms with van der Waals surface area (Å²) in [5.74, 6) is -1.14. The zero-order chi connectivity index (χ0) is 27.1. The molecular weight excluding hydrogens is 496 g/mol. The molecule has 3 aromatic heterocycles. The number of aromatic nitrogens is 4. The largest absolute Gasteiger partial charge is 0.480 e. The molecule has 4 heterocycles. The Labute approximate surface area is 216 Å². The van der Waals surface area contributed by atoms with E-state index in [1.165, 1.54) is 42.6 Å². The molecule has 1 fully saturated rings. The molecule has 0 aliphatic carbocycles. The van der Waals surface area contributed by atoms with E-state index < -0.39 is 29.8 Å². The van der Waals surface area contributed by atoms with Crippen molar-refractivity contribution in [1.29, 1.82) is 0 Å². The lowest BCUT2D eigenvalue weighted by Gasteiger charge is -2.18. The van der Waals surface area contributed by atoms with Crippen molar-refractivity contribution in [3.8, 4) is 17.1 Å². The Morgan fingerprint density at radius 2 is 1.89 bits per heavy atom. The van der Waals surface area contributed by atoms with Gasteiger partial charge in [0.05, 0.1) is 31.1 Å². The van der Waals surface area contributed by atoms with Gasteiger partial charge in [-0.2, -0.15) is 5.10 Å². The van der Waals surface area contributed by atoms with E-state index in [0.29, 0.717) is 28.3 Å². The number of alkyl halides is 1. The van der Waals surface area contributed by atoms with E-state index in [-0.39, 0.29) is 30.1 Å². The number of nitrogens with two attached hydrogens (primary N) is 1. The van der Waals surface area contributed by atoms with E-state index in [1.54, 1.807) is 17.5 Å². The second kappa shape index (κ2) is 9.69. The second-order valence-electron chi connectivity index (χ2n) is 9.11. The molecule has 196 valence electrons. The molecule has 0 saturated carbocycles. The Morgan fingerprint density at radius 3 is 2.61 bits per heavy atom. The molecule has 3 N–H and O–H groups in total. The molecule has 4 aromatic rings. The third-order valence-corrected chi connectivity index (χ3v) is 6.61. The molecule has 5 rings (SSSR count). The summed E-state index contributed by atoms with van der Waals surface area (Å²) in [6, 6.07) is 7.54. The third-order valence-electron chi connectivity index (χ3n) is 6.61. The molecule has 12 heteroatoms. The number of aryl methyl sites for hydroxylation is 2. The summed E-state index contributed by atoms with van der Waals surface area (Å²) < 4.78 is 35.1. The lowest BCUT2D eigenvalue weighted by molar-refractivity contribution is 0.0778. The summed E-state index contributed by atoms with van der Waals surface area (Å²) in [7, 11) is 1.39. The van der Waals surface area contributed by atoms with E-state index in [4.69, 9.17) is 10.5 Å². The highest BCUT2D eigenvalue weighted by molar-refractivity contribution is 5.98. The number of benzene rings is 1. The number of carbonyl (C=O) groups excluding carboxylic acids is 2. The molecule has 2 atom stereocenters. The van der Waals surface area contributed by atoms with Crippen molar-refractivity contribution in [2.45, 2.75) is 26.1 Å². The monoisotopic (exact) mass is 521 g/mol. The number of nitrogens with one attached hydrogen (secondary N) is 1. The maximum Gasteiger partial charge on any atom is 0.257 e. The summed E-state index contributed by atoms with van der Waals surface area (Å²) in [5.41, 5.74) is 9.68. The summed E-state index contributed by atoms with van der Waals surface area (Å²) in [4.78, 5) is 35.9. The number of nitrogen functional groups attached to an aromatic ring is 1. The fourth-order valence-electron chi connectivity index (χ4n) is 4.69. The van der Waals surface area contributed by atoms with Gasteiger partial charge in [0, 0.05) is 17.7 Å². The Bertz CT molecular complexity index is 1550. The highest BCUT2D eigenvalue weighted by Gasteiger charge is 2.37. The van der Waals surface area contributed by atoms with Crippen LogP contribution in [0.15, 0.2) is 42.7 Å². The molecule has 1 aromatic carbocycles. The van der Waals surface area contributed by atoms with Gasteiger partial charge in [0.1, 0.15) is 29.4 Å². The van der Waals surface area contributed by atoms with Crippen molar-refractivity contribution in [1.82, 2.24) is 29.8 Å². The zero-order valence-electron chi connectivity index (χ0n) is 20.9. The van der Waals surface area contributed by atoms with E-state index in [9.17, 15) is 18.4 Å². The number of carbonyl (C=O) groups is 2. The van der Waals surface area contributed by atoms with Crippen LogP contribution in [0.25, 0.3) is 16.8 Å². The number of rotatable bonds is 5. The minimum Gasteiger partial charge on any atom is -0.480 e. The number of fused-ring (bicyclic) bond motifs is 1. The maximum atomic E-state index is 14.9. The van der Waals surface area contributed by atoms with Gasteiger partial charge < -0.3 is 20.7 Å². The molecule has 0 radical (unpaired) electrons. The zero-order valence-corrected chi connectivity index (χ0v) is 20.9. The smallest absolute Gasteiger partial charge is 0.257 e. The van der Waals surface area contributed by atoms with Gasteiger partial charge in [0.25, 0.3) is 11.8 Å². The SMILES string of the molecule is COc1nc(C)c(-c2cc(C)c3c(N)ncnn23)cc1C(=O)NC1CN(C(=O)c2ccc(F)cc2)C[C@@H]1F. The first-order valence-electron chi connectivity index (χ1n) is 11.8. The number of methoxy groups -OCH3 is 1. The number of amides is 2. The lowest BCUT2D eigenvalue weighted by atomic mass is 10.1. The number of nitrogens with zero attached hydrogens (tertiary/aromatic N) is 5. The number of hydrogen-bond acceptors (Lipinski definition) is 7. The van der Waals surface area contributed by atoms with Crippen molar-refractivity contribution in [3.63, 3.8) is 0 Å². The molecule has 1 aliphatic heterocycles. The summed E-state index contributed by atoms with van der Waals surface area (Å²) in [6.07, 6.45) is -0.157. The topological polar surface area (TPSA) is 128 Å². The second-order valence-corrected chi connectivity index (χ2v) is 9.11. The number of hydrogen-bond donors (Lipinski definition) is 2. The Morgan fingerprint density at radius 1 is 1.16 bits per heavy atom. The van der Waals surface area contributed by atoms with Crippen LogP contribution in [0.5, 0.6) is 5.88 Å². The average molecular weight is 522 g/mol. The van der Waals surface area contributed by atoms with Crippen LogP contribution in [0.1, 0.15) is 32.0 Å². The molecule has 10 nitrogen and oxygen atoms in total. The number of likely N-dealkylation sites (tertiary alicyclic amines) is 1.